The van der Waals surface area contributed by atoms with Crippen molar-refractivity contribution in [2.45, 2.75) is 6.92 Å². The number of aromatic nitrogens is 5. The largest absolute Gasteiger partial charge is 0.481 e. The Hall–Kier alpha value is -2.57. The number of aryl methyl sites for hydroxylation is 2. The normalized spacial score (nSPS) is 11.1. The average molecular weight is 258 g/mol. The highest BCUT2D eigenvalue weighted by molar-refractivity contribution is 5.77. The van der Waals surface area contributed by atoms with Gasteiger partial charge in [0.1, 0.15) is 5.52 Å². The smallest absolute Gasteiger partial charge is 0.215 e. The lowest BCUT2D eigenvalue weighted by Crippen LogP contribution is -2.02. The van der Waals surface area contributed by atoms with E-state index in [9.17, 15) is 0 Å². The molecule has 3 rings (SSSR count). The first-order valence-corrected chi connectivity index (χ1v) is 5.79. The molecule has 2 N–H and O–H groups in total. The van der Waals surface area contributed by atoms with Crippen LogP contribution in [0.1, 0.15) is 5.69 Å². The van der Waals surface area contributed by atoms with Gasteiger partial charge < -0.3 is 10.5 Å². The Bertz CT molecular complexity index is 757. The predicted molar refractivity (Wildman–Crippen MR) is 71.3 cm³/mol. The number of nitrogens with zero attached hydrogens (tertiary/aromatic N) is 5. The zero-order valence-corrected chi connectivity index (χ0v) is 11.0. The molecule has 0 atom stereocenters. The first-order chi connectivity index (χ1) is 9.10. The van der Waals surface area contributed by atoms with Gasteiger partial charge in [0, 0.05) is 19.3 Å². The summed E-state index contributed by atoms with van der Waals surface area (Å²) in [7, 11) is 3.44. The number of hydrogen-bond donors (Lipinski definition) is 1. The summed E-state index contributed by atoms with van der Waals surface area (Å²) in [6, 6.07) is 3.59. The molecule has 0 saturated carbocycles. The van der Waals surface area contributed by atoms with E-state index in [0.717, 1.165) is 16.9 Å². The van der Waals surface area contributed by atoms with Crippen LogP contribution in [0, 0.1) is 6.92 Å². The molecule has 3 aromatic rings. The number of pyridine rings is 1. The second kappa shape index (κ2) is 3.98. The molecule has 0 unspecified atom stereocenters. The maximum absolute atomic E-state index is 5.99. The fourth-order valence-electron chi connectivity index (χ4n) is 2.12. The van der Waals surface area contributed by atoms with Crippen molar-refractivity contribution in [1.29, 1.82) is 0 Å². The SMILES string of the molecule is COc1ccc2nc(N)n(-c3cn(C)nc3C)c2n1. The molecule has 3 heterocycles. The number of methoxy groups -OCH3 is 1. The summed E-state index contributed by atoms with van der Waals surface area (Å²) in [5.41, 5.74) is 9.10. The molecule has 98 valence electrons. The van der Waals surface area contributed by atoms with Gasteiger partial charge >= 0.3 is 0 Å². The van der Waals surface area contributed by atoms with Crippen LogP contribution in [-0.2, 0) is 7.05 Å². The Morgan fingerprint density at radius 2 is 2.05 bits per heavy atom. The van der Waals surface area contributed by atoms with Gasteiger partial charge in [-0.3, -0.25) is 9.25 Å². The molecular weight excluding hydrogens is 244 g/mol. The number of hydrogen-bond acceptors (Lipinski definition) is 5. The van der Waals surface area contributed by atoms with Gasteiger partial charge in [-0.25, -0.2) is 4.98 Å². The number of imidazole rings is 1. The van der Waals surface area contributed by atoms with Crippen molar-refractivity contribution in [2.24, 2.45) is 7.05 Å². The first-order valence-electron chi connectivity index (χ1n) is 5.79. The van der Waals surface area contributed by atoms with Crippen LogP contribution in [0.25, 0.3) is 16.9 Å². The quantitative estimate of drug-likeness (QED) is 0.742. The van der Waals surface area contributed by atoms with Gasteiger partial charge in [0.05, 0.1) is 18.5 Å². The van der Waals surface area contributed by atoms with Crippen LogP contribution < -0.4 is 10.5 Å². The highest BCUT2D eigenvalue weighted by atomic mass is 16.5. The summed E-state index contributed by atoms with van der Waals surface area (Å²) >= 11 is 0. The van der Waals surface area contributed by atoms with Gasteiger partial charge in [-0.1, -0.05) is 0 Å². The molecule has 0 aliphatic carbocycles. The molecule has 0 spiro atoms. The molecule has 0 radical (unpaired) electrons. The summed E-state index contributed by atoms with van der Waals surface area (Å²) in [5.74, 6) is 0.905. The standard InChI is InChI=1S/C12H14N6O/c1-7-9(6-17(2)16-7)18-11-8(14-12(18)13)4-5-10(15-11)19-3/h4-6H,1-3H3,(H2,13,14). The van der Waals surface area contributed by atoms with Crippen molar-refractivity contribution in [3.8, 4) is 11.6 Å². The van der Waals surface area contributed by atoms with Crippen molar-refractivity contribution < 1.29 is 4.74 Å². The fraction of sp³-hybridized carbons (Fsp3) is 0.250. The van der Waals surface area contributed by atoms with Crippen LogP contribution in [0.3, 0.4) is 0 Å². The van der Waals surface area contributed by atoms with Crippen molar-refractivity contribution in [3.63, 3.8) is 0 Å². The van der Waals surface area contributed by atoms with Crippen LogP contribution in [0.15, 0.2) is 18.3 Å². The molecule has 3 aromatic heterocycles. The van der Waals surface area contributed by atoms with Gasteiger partial charge in [0.2, 0.25) is 11.8 Å². The maximum atomic E-state index is 5.99. The Morgan fingerprint density at radius 3 is 2.68 bits per heavy atom. The number of fused-ring (bicyclic) bond motifs is 1. The number of rotatable bonds is 2. The molecule has 7 heteroatoms. The molecule has 0 aliphatic heterocycles. The van der Waals surface area contributed by atoms with Crippen molar-refractivity contribution in [3.05, 3.63) is 24.0 Å². The number of ether oxygens (including phenoxy) is 1. The monoisotopic (exact) mass is 258 g/mol. The van der Waals surface area contributed by atoms with E-state index < -0.39 is 0 Å². The Kier molecular flexibility index (Phi) is 2.41. The Balaban J connectivity index is 2.33. The third kappa shape index (κ3) is 1.70. The summed E-state index contributed by atoms with van der Waals surface area (Å²) in [6.07, 6.45) is 1.88. The van der Waals surface area contributed by atoms with Crippen molar-refractivity contribution in [1.82, 2.24) is 24.3 Å². The highest BCUT2D eigenvalue weighted by Crippen LogP contribution is 2.24. The number of nitrogens with two attached hydrogens (primary N) is 1. The fourth-order valence-corrected chi connectivity index (χ4v) is 2.12. The minimum Gasteiger partial charge on any atom is -0.481 e. The molecule has 0 bridgehead atoms. The minimum atomic E-state index is 0.381. The first kappa shape index (κ1) is 11.5. The summed E-state index contributed by atoms with van der Waals surface area (Å²) in [4.78, 5) is 8.70. The second-order valence-corrected chi connectivity index (χ2v) is 4.28. The minimum absolute atomic E-state index is 0.381. The van der Waals surface area contributed by atoms with Gasteiger partial charge in [0.15, 0.2) is 5.65 Å². The lowest BCUT2D eigenvalue weighted by Gasteiger charge is -2.04. The number of nitrogen functional groups attached to an aromatic ring is 1. The average Bonchev–Trinajstić information content (AvgIpc) is 2.86. The van der Waals surface area contributed by atoms with Gasteiger partial charge in [0.25, 0.3) is 0 Å². The van der Waals surface area contributed by atoms with Crippen LogP contribution in [0.5, 0.6) is 5.88 Å². The van der Waals surface area contributed by atoms with Crippen LogP contribution in [0.4, 0.5) is 5.95 Å². The van der Waals surface area contributed by atoms with E-state index in [4.69, 9.17) is 10.5 Å². The molecule has 7 nitrogen and oxygen atoms in total. The highest BCUT2D eigenvalue weighted by Gasteiger charge is 2.15. The molecule has 0 fully saturated rings. The van der Waals surface area contributed by atoms with Crippen molar-refractivity contribution in [2.75, 3.05) is 12.8 Å². The van der Waals surface area contributed by atoms with Gasteiger partial charge in [-0.2, -0.15) is 10.1 Å². The Morgan fingerprint density at radius 1 is 1.26 bits per heavy atom. The topological polar surface area (TPSA) is 83.8 Å². The van der Waals surface area contributed by atoms with Crippen LogP contribution in [0.2, 0.25) is 0 Å². The van der Waals surface area contributed by atoms with E-state index in [2.05, 4.69) is 15.1 Å². The molecule has 0 aliphatic rings. The zero-order valence-electron chi connectivity index (χ0n) is 11.0. The molecule has 19 heavy (non-hydrogen) atoms. The molecular formula is C12H14N6O. The lowest BCUT2D eigenvalue weighted by atomic mass is 10.4. The molecule has 0 amide bonds. The van der Waals surface area contributed by atoms with Gasteiger partial charge in [-0.15, -0.1) is 0 Å². The van der Waals surface area contributed by atoms with E-state index >= 15 is 0 Å². The van der Waals surface area contributed by atoms with E-state index in [0.29, 0.717) is 17.5 Å². The zero-order chi connectivity index (χ0) is 13.6. The molecule has 0 saturated heterocycles. The molecule has 0 aromatic carbocycles. The van der Waals surface area contributed by atoms with E-state index in [-0.39, 0.29) is 0 Å². The second-order valence-electron chi connectivity index (χ2n) is 4.28. The maximum Gasteiger partial charge on any atom is 0.215 e. The predicted octanol–water partition coefficient (Wildman–Crippen LogP) is 1.05. The summed E-state index contributed by atoms with van der Waals surface area (Å²) < 4.78 is 8.65. The third-order valence-electron chi connectivity index (χ3n) is 2.94. The number of anilines is 1. The van der Waals surface area contributed by atoms with Crippen LogP contribution in [-0.4, -0.2) is 31.4 Å². The summed E-state index contributed by atoms with van der Waals surface area (Å²) in [5, 5.41) is 4.31. The van der Waals surface area contributed by atoms with E-state index in [1.807, 2.05) is 26.2 Å². The van der Waals surface area contributed by atoms with Gasteiger partial charge in [-0.05, 0) is 13.0 Å². The van der Waals surface area contributed by atoms with Crippen molar-refractivity contribution >= 4 is 17.1 Å². The Labute approximate surface area is 109 Å². The van der Waals surface area contributed by atoms with Crippen LogP contribution >= 0.6 is 0 Å². The third-order valence-corrected chi connectivity index (χ3v) is 2.94. The lowest BCUT2D eigenvalue weighted by molar-refractivity contribution is 0.399. The van der Waals surface area contributed by atoms with E-state index in [1.54, 1.807) is 22.4 Å². The summed E-state index contributed by atoms with van der Waals surface area (Å²) in [6.45, 7) is 1.92. The van der Waals surface area contributed by atoms with E-state index in [1.165, 1.54) is 0 Å².